The van der Waals surface area contributed by atoms with Crippen LogP contribution in [0.5, 0.6) is 0 Å². The van der Waals surface area contributed by atoms with Gasteiger partial charge in [0.2, 0.25) is 0 Å². The number of benzene rings is 1. The number of nitrogens with zero attached hydrogens (tertiary/aromatic N) is 1. The van der Waals surface area contributed by atoms with Gasteiger partial charge in [-0.25, -0.2) is 0 Å². The Balaban J connectivity index is 1.82. The summed E-state index contributed by atoms with van der Waals surface area (Å²) in [7, 11) is 0. The quantitative estimate of drug-likeness (QED) is 0.742. The average Bonchev–Trinajstić information content (AvgIpc) is 3.00. The number of nitrogens with one attached hydrogen (secondary N) is 1. The van der Waals surface area contributed by atoms with E-state index < -0.39 is 0 Å². The smallest absolute Gasteiger partial charge is 0.102 e. The molecule has 0 amide bonds. The second kappa shape index (κ2) is 4.55. The Hall–Kier alpha value is -1.87. The van der Waals surface area contributed by atoms with Gasteiger partial charge in [0.05, 0.1) is 4.88 Å². The Bertz CT molecular complexity index is 582. The number of thiophene rings is 1. The van der Waals surface area contributed by atoms with Gasteiger partial charge in [-0.2, -0.15) is 5.10 Å². The molecular weight excluding hydrogens is 228 g/mol. The van der Waals surface area contributed by atoms with Crippen LogP contribution in [0.2, 0.25) is 0 Å². The van der Waals surface area contributed by atoms with Crippen LogP contribution in [0.15, 0.2) is 53.9 Å². The molecule has 0 saturated carbocycles. The molecule has 3 heteroatoms. The monoisotopic (exact) mass is 240 g/mol. The van der Waals surface area contributed by atoms with Crippen molar-refractivity contribution in [2.75, 3.05) is 0 Å². The molecule has 0 spiro atoms. The van der Waals surface area contributed by atoms with Gasteiger partial charge < -0.3 is 0 Å². The fourth-order valence-electron chi connectivity index (χ4n) is 1.82. The third-order valence-electron chi connectivity index (χ3n) is 2.64. The van der Waals surface area contributed by atoms with Gasteiger partial charge in [0, 0.05) is 12.1 Å². The van der Waals surface area contributed by atoms with E-state index in [-0.39, 0.29) is 0 Å². The van der Waals surface area contributed by atoms with Gasteiger partial charge in [-0.15, -0.1) is 11.3 Å². The molecule has 3 aromatic rings. The summed E-state index contributed by atoms with van der Waals surface area (Å²) in [5.41, 5.74) is 3.49. The second-order valence-electron chi connectivity index (χ2n) is 3.92. The van der Waals surface area contributed by atoms with Crippen LogP contribution in [0.1, 0.15) is 11.3 Å². The topological polar surface area (TPSA) is 28.7 Å². The Morgan fingerprint density at radius 1 is 1.06 bits per heavy atom. The largest absolute Gasteiger partial charge is 0.282 e. The molecular formula is C14H12N2S. The number of rotatable bonds is 3. The first-order chi connectivity index (χ1) is 8.42. The van der Waals surface area contributed by atoms with Crippen LogP contribution >= 0.6 is 11.3 Å². The first-order valence-electron chi connectivity index (χ1n) is 5.54. The molecule has 3 rings (SSSR count). The summed E-state index contributed by atoms with van der Waals surface area (Å²) in [6.45, 7) is 0. The maximum Gasteiger partial charge on any atom is 0.102 e. The van der Waals surface area contributed by atoms with Gasteiger partial charge in [-0.05, 0) is 23.1 Å². The third-order valence-corrected chi connectivity index (χ3v) is 3.53. The lowest BCUT2D eigenvalue weighted by Gasteiger charge is -1.96. The number of hydrogen-bond acceptors (Lipinski definition) is 2. The highest BCUT2D eigenvalue weighted by atomic mass is 32.1. The summed E-state index contributed by atoms with van der Waals surface area (Å²) in [5.74, 6) is 0. The molecule has 2 aromatic heterocycles. The van der Waals surface area contributed by atoms with Crippen LogP contribution in [0.25, 0.3) is 10.6 Å². The van der Waals surface area contributed by atoms with Crippen molar-refractivity contribution in [2.24, 2.45) is 0 Å². The standard InChI is InChI=1S/C14H12N2S/c1-2-5-11(6-3-1)9-12-10-13(16-15-12)14-7-4-8-17-14/h1-8,10H,9H2,(H,15,16). The van der Waals surface area contributed by atoms with Gasteiger partial charge in [-0.3, -0.25) is 5.10 Å². The Kier molecular flexibility index (Phi) is 2.76. The lowest BCUT2D eigenvalue weighted by molar-refractivity contribution is 0.999. The average molecular weight is 240 g/mol. The third kappa shape index (κ3) is 2.29. The highest BCUT2D eigenvalue weighted by Crippen LogP contribution is 2.23. The molecule has 0 radical (unpaired) electrons. The van der Waals surface area contributed by atoms with Crippen LogP contribution in [-0.2, 0) is 6.42 Å². The fraction of sp³-hybridized carbons (Fsp3) is 0.0714. The number of aromatic nitrogens is 2. The van der Waals surface area contributed by atoms with Crippen molar-refractivity contribution >= 4 is 11.3 Å². The van der Waals surface area contributed by atoms with E-state index in [9.17, 15) is 0 Å². The molecule has 1 N–H and O–H groups in total. The van der Waals surface area contributed by atoms with Gasteiger partial charge in [-0.1, -0.05) is 36.4 Å². The van der Waals surface area contributed by atoms with Gasteiger partial charge in [0.15, 0.2) is 0 Å². The molecule has 0 aliphatic rings. The Morgan fingerprint density at radius 3 is 2.71 bits per heavy atom. The van der Waals surface area contributed by atoms with E-state index in [1.807, 2.05) is 12.1 Å². The lowest BCUT2D eigenvalue weighted by Crippen LogP contribution is -1.86. The van der Waals surface area contributed by atoms with Gasteiger partial charge in [0.1, 0.15) is 5.69 Å². The van der Waals surface area contributed by atoms with Crippen molar-refractivity contribution in [3.05, 3.63) is 65.2 Å². The van der Waals surface area contributed by atoms with Crippen molar-refractivity contribution < 1.29 is 0 Å². The lowest BCUT2D eigenvalue weighted by atomic mass is 10.1. The van der Waals surface area contributed by atoms with E-state index in [2.05, 4.69) is 52.0 Å². The molecule has 2 nitrogen and oxygen atoms in total. The van der Waals surface area contributed by atoms with E-state index in [4.69, 9.17) is 0 Å². The minimum Gasteiger partial charge on any atom is -0.282 e. The zero-order chi connectivity index (χ0) is 11.5. The number of aromatic amines is 1. The molecule has 0 aliphatic carbocycles. The van der Waals surface area contributed by atoms with Crippen LogP contribution in [0.3, 0.4) is 0 Å². The van der Waals surface area contributed by atoms with Crippen LogP contribution in [0.4, 0.5) is 0 Å². The first-order valence-corrected chi connectivity index (χ1v) is 6.42. The summed E-state index contributed by atoms with van der Waals surface area (Å²) in [6.07, 6.45) is 0.902. The highest BCUT2D eigenvalue weighted by Gasteiger charge is 2.04. The van der Waals surface area contributed by atoms with Crippen molar-refractivity contribution in [3.8, 4) is 10.6 Å². The Morgan fingerprint density at radius 2 is 1.94 bits per heavy atom. The van der Waals surface area contributed by atoms with Gasteiger partial charge >= 0.3 is 0 Å². The van der Waals surface area contributed by atoms with Crippen LogP contribution in [0, 0.1) is 0 Å². The van der Waals surface area contributed by atoms with Crippen molar-refractivity contribution in [2.45, 2.75) is 6.42 Å². The normalized spacial score (nSPS) is 10.6. The van der Waals surface area contributed by atoms with E-state index in [0.29, 0.717) is 0 Å². The fourth-order valence-corrected chi connectivity index (χ4v) is 2.50. The SMILES string of the molecule is c1ccc(Cc2cc(-c3cccs3)n[nH]2)cc1. The van der Waals surface area contributed by atoms with E-state index >= 15 is 0 Å². The minimum atomic E-state index is 0.902. The maximum absolute atomic E-state index is 4.34. The molecule has 0 bridgehead atoms. The molecule has 84 valence electrons. The maximum atomic E-state index is 4.34. The predicted octanol–water partition coefficient (Wildman–Crippen LogP) is 3.73. The molecule has 17 heavy (non-hydrogen) atoms. The van der Waals surface area contributed by atoms with Crippen LogP contribution < -0.4 is 0 Å². The first kappa shape index (κ1) is 10.3. The van der Waals surface area contributed by atoms with Crippen LogP contribution in [-0.4, -0.2) is 10.2 Å². The molecule has 0 atom stereocenters. The summed E-state index contributed by atoms with van der Waals surface area (Å²) >= 11 is 1.71. The predicted molar refractivity (Wildman–Crippen MR) is 71.1 cm³/mol. The van der Waals surface area contributed by atoms with E-state index in [0.717, 1.165) is 17.8 Å². The molecule has 0 aliphatic heterocycles. The molecule has 0 saturated heterocycles. The molecule has 0 fully saturated rings. The van der Waals surface area contributed by atoms with E-state index in [1.54, 1.807) is 11.3 Å². The summed E-state index contributed by atoms with van der Waals surface area (Å²) in [6, 6.07) is 16.7. The summed E-state index contributed by atoms with van der Waals surface area (Å²) < 4.78 is 0. The minimum absolute atomic E-state index is 0.902. The van der Waals surface area contributed by atoms with Crippen molar-refractivity contribution in [1.82, 2.24) is 10.2 Å². The zero-order valence-electron chi connectivity index (χ0n) is 9.26. The van der Waals surface area contributed by atoms with Crippen molar-refractivity contribution in [1.29, 1.82) is 0 Å². The van der Waals surface area contributed by atoms with Crippen molar-refractivity contribution in [3.63, 3.8) is 0 Å². The second-order valence-corrected chi connectivity index (χ2v) is 4.87. The Labute approximate surface area is 104 Å². The molecule has 0 unspecified atom stereocenters. The molecule has 1 aromatic carbocycles. The summed E-state index contributed by atoms with van der Waals surface area (Å²) in [5, 5.41) is 9.51. The number of hydrogen-bond donors (Lipinski definition) is 1. The summed E-state index contributed by atoms with van der Waals surface area (Å²) in [4.78, 5) is 1.21. The highest BCUT2D eigenvalue weighted by molar-refractivity contribution is 7.13. The number of H-pyrrole nitrogens is 1. The molecule has 2 heterocycles. The zero-order valence-corrected chi connectivity index (χ0v) is 10.1. The van der Waals surface area contributed by atoms with Gasteiger partial charge in [0.25, 0.3) is 0 Å². The van der Waals surface area contributed by atoms with E-state index in [1.165, 1.54) is 10.4 Å².